The van der Waals surface area contributed by atoms with Crippen molar-refractivity contribution in [1.29, 1.82) is 0 Å². The van der Waals surface area contributed by atoms with E-state index in [2.05, 4.69) is 13.8 Å². The van der Waals surface area contributed by atoms with Crippen LogP contribution in [0, 0.1) is 5.92 Å². The first kappa shape index (κ1) is 16.3. The van der Waals surface area contributed by atoms with E-state index in [9.17, 15) is 9.59 Å². The SMILES string of the molecule is CCC[C@H](C)C/C=C/C(=O)N1C(=O)OC[C@H]1c1ccccc1. The lowest BCUT2D eigenvalue weighted by molar-refractivity contribution is -0.124. The molecule has 0 unspecified atom stereocenters. The highest BCUT2D eigenvalue weighted by molar-refractivity contribution is 5.99. The second-order valence-corrected chi connectivity index (χ2v) is 5.74. The minimum atomic E-state index is -0.565. The van der Waals surface area contributed by atoms with Crippen LogP contribution in [0.2, 0.25) is 0 Å². The average molecular weight is 301 g/mol. The van der Waals surface area contributed by atoms with Crippen molar-refractivity contribution in [2.24, 2.45) is 5.92 Å². The Morgan fingerprint density at radius 2 is 2.14 bits per heavy atom. The molecule has 1 aliphatic rings. The lowest BCUT2D eigenvalue weighted by Gasteiger charge is -2.18. The van der Waals surface area contributed by atoms with Gasteiger partial charge in [-0.2, -0.15) is 0 Å². The van der Waals surface area contributed by atoms with E-state index in [1.54, 1.807) is 0 Å². The Bertz CT molecular complexity index is 539. The van der Waals surface area contributed by atoms with Gasteiger partial charge in [-0.25, -0.2) is 9.69 Å². The molecule has 4 nitrogen and oxygen atoms in total. The number of nitrogens with zero attached hydrogens (tertiary/aromatic N) is 1. The summed E-state index contributed by atoms with van der Waals surface area (Å²) in [5, 5.41) is 0. The molecule has 1 fully saturated rings. The van der Waals surface area contributed by atoms with Crippen molar-refractivity contribution in [1.82, 2.24) is 4.90 Å². The van der Waals surface area contributed by atoms with Crippen LogP contribution in [-0.4, -0.2) is 23.5 Å². The summed E-state index contributed by atoms with van der Waals surface area (Å²) >= 11 is 0. The minimum Gasteiger partial charge on any atom is -0.446 e. The zero-order valence-corrected chi connectivity index (χ0v) is 13.2. The summed E-state index contributed by atoms with van der Waals surface area (Å²) in [6.45, 7) is 4.53. The van der Waals surface area contributed by atoms with Crippen LogP contribution in [0.4, 0.5) is 4.79 Å². The number of rotatable bonds is 6. The molecule has 22 heavy (non-hydrogen) atoms. The Balaban J connectivity index is 2.03. The first-order valence-corrected chi connectivity index (χ1v) is 7.85. The highest BCUT2D eigenvalue weighted by Crippen LogP contribution is 2.27. The number of carbonyl (C=O) groups is 2. The lowest BCUT2D eigenvalue weighted by atomic mass is 10.0. The maximum atomic E-state index is 12.3. The molecule has 2 amide bonds. The summed E-state index contributed by atoms with van der Waals surface area (Å²) in [6.07, 6.45) is 5.91. The summed E-state index contributed by atoms with van der Waals surface area (Å²) in [4.78, 5) is 25.4. The number of cyclic esters (lactones) is 1. The number of imide groups is 1. The number of ether oxygens (including phenoxy) is 1. The van der Waals surface area contributed by atoms with E-state index in [1.807, 2.05) is 36.4 Å². The monoisotopic (exact) mass is 301 g/mol. The summed E-state index contributed by atoms with van der Waals surface area (Å²) in [6, 6.07) is 9.16. The van der Waals surface area contributed by atoms with E-state index in [1.165, 1.54) is 11.0 Å². The molecule has 1 aromatic carbocycles. The predicted octanol–water partition coefficient (Wildman–Crippen LogP) is 4.09. The van der Waals surface area contributed by atoms with E-state index in [0.717, 1.165) is 24.8 Å². The Hall–Kier alpha value is -2.10. The molecule has 118 valence electrons. The number of amides is 2. The molecule has 0 N–H and O–H groups in total. The second kappa shape index (κ2) is 7.78. The molecule has 0 saturated carbocycles. The van der Waals surface area contributed by atoms with Gasteiger partial charge in [0, 0.05) is 0 Å². The summed E-state index contributed by atoms with van der Waals surface area (Å²) < 4.78 is 5.05. The van der Waals surface area contributed by atoms with Crippen molar-refractivity contribution in [2.75, 3.05) is 6.61 Å². The third-order valence-electron chi connectivity index (χ3n) is 3.88. The maximum absolute atomic E-state index is 12.3. The van der Waals surface area contributed by atoms with Crippen molar-refractivity contribution >= 4 is 12.0 Å². The van der Waals surface area contributed by atoms with Crippen molar-refractivity contribution in [3.05, 3.63) is 48.0 Å². The van der Waals surface area contributed by atoms with E-state index < -0.39 is 6.09 Å². The summed E-state index contributed by atoms with van der Waals surface area (Å²) in [5.74, 6) is 0.240. The molecule has 0 aliphatic carbocycles. The molecule has 0 spiro atoms. The van der Waals surface area contributed by atoms with Crippen LogP contribution in [0.5, 0.6) is 0 Å². The average Bonchev–Trinajstić information content (AvgIpc) is 2.90. The van der Waals surface area contributed by atoms with Gasteiger partial charge in [0.1, 0.15) is 12.6 Å². The van der Waals surface area contributed by atoms with Crippen LogP contribution >= 0.6 is 0 Å². The molecule has 1 aromatic rings. The molecule has 0 aromatic heterocycles. The smallest absolute Gasteiger partial charge is 0.417 e. The second-order valence-electron chi connectivity index (χ2n) is 5.74. The molecule has 0 bridgehead atoms. The standard InChI is InChI=1S/C18H23NO3/c1-3-8-14(2)9-7-12-17(20)19-16(13-22-18(19)21)15-10-5-4-6-11-15/h4-7,10-12,14,16H,3,8-9,13H2,1-2H3/b12-7+/t14-,16-/m0/s1. The highest BCUT2D eigenvalue weighted by Gasteiger charge is 2.37. The predicted molar refractivity (Wildman–Crippen MR) is 85.2 cm³/mol. The molecule has 0 radical (unpaired) electrons. The zero-order valence-electron chi connectivity index (χ0n) is 13.2. The van der Waals surface area contributed by atoms with Crippen LogP contribution in [-0.2, 0) is 9.53 Å². The topological polar surface area (TPSA) is 46.6 Å². The Morgan fingerprint density at radius 1 is 1.41 bits per heavy atom. The lowest BCUT2D eigenvalue weighted by Crippen LogP contribution is -2.32. The molecular formula is C18H23NO3. The van der Waals surface area contributed by atoms with E-state index in [4.69, 9.17) is 4.74 Å². The number of carbonyl (C=O) groups excluding carboxylic acids is 2. The van der Waals surface area contributed by atoms with Gasteiger partial charge >= 0.3 is 6.09 Å². The normalized spacial score (nSPS) is 19.5. The fraction of sp³-hybridized carbons (Fsp3) is 0.444. The van der Waals surface area contributed by atoms with Crippen LogP contribution in [0.15, 0.2) is 42.5 Å². The molecule has 1 saturated heterocycles. The molecule has 2 atom stereocenters. The fourth-order valence-electron chi connectivity index (χ4n) is 2.68. The van der Waals surface area contributed by atoms with Crippen LogP contribution in [0.25, 0.3) is 0 Å². The maximum Gasteiger partial charge on any atom is 0.417 e. The van der Waals surface area contributed by atoms with Crippen molar-refractivity contribution in [3.8, 4) is 0 Å². The third-order valence-corrected chi connectivity index (χ3v) is 3.88. The number of hydrogen-bond donors (Lipinski definition) is 0. The highest BCUT2D eigenvalue weighted by atomic mass is 16.6. The molecule has 4 heteroatoms. The van der Waals surface area contributed by atoms with Crippen LogP contribution in [0.1, 0.15) is 44.7 Å². The van der Waals surface area contributed by atoms with Crippen molar-refractivity contribution < 1.29 is 14.3 Å². The number of allylic oxidation sites excluding steroid dienone is 1. The van der Waals surface area contributed by atoms with E-state index in [0.29, 0.717) is 5.92 Å². The fourth-order valence-corrected chi connectivity index (χ4v) is 2.68. The minimum absolute atomic E-state index is 0.217. The van der Waals surface area contributed by atoms with Gasteiger partial charge < -0.3 is 4.74 Å². The number of hydrogen-bond acceptors (Lipinski definition) is 3. The van der Waals surface area contributed by atoms with Gasteiger partial charge in [-0.05, 0) is 24.0 Å². The first-order chi connectivity index (χ1) is 10.6. The van der Waals surface area contributed by atoms with Gasteiger partial charge in [-0.1, -0.05) is 63.1 Å². The van der Waals surface area contributed by atoms with Gasteiger partial charge in [0.05, 0.1) is 0 Å². The van der Waals surface area contributed by atoms with Crippen molar-refractivity contribution in [2.45, 2.75) is 39.2 Å². The van der Waals surface area contributed by atoms with Crippen LogP contribution < -0.4 is 0 Å². The molecule has 1 heterocycles. The Morgan fingerprint density at radius 3 is 2.82 bits per heavy atom. The van der Waals surface area contributed by atoms with E-state index >= 15 is 0 Å². The molecular weight excluding hydrogens is 278 g/mol. The Labute approximate surface area is 131 Å². The Kier molecular flexibility index (Phi) is 5.75. The van der Waals surface area contributed by atoms with Gasteiger partial charge in [0.25, 0.3) is 5.91 Å². The summed E-state index contributed by atoms with van der Waals surface area (Å²) in [7, 11) is 0. The molecule has 1 aliphatic heterocycles. The first-order valence-electron chi connectivity index (χ1n) is 7.85. The molecule has 2 rings (SSSR count). The zero-order chi connectivity index (χ0) is 15.9. The quantitative estimate of drug-likeness (QED) is 0.743. The van der Waals surface area contributed by atoms with Crippen LogP contribution in [0.3, 0.4) is 0 Å². The van der Waals surface area contributed by atoms with Crippen molar-refractivity contribution in [3.63, 3.8) is 0 Å². The third kappa shape index (κ3) is 3.97. The van der Waals surface area contributed by atoms with Gasteiger partial charge in [0.15, 0.2) is 0 Å². The van der Waals surface area contributed by atoms with Gasteiger partial charge in [-0.3, -0.25) is 4.79 Å². The summed E-state index contributed by atoms with van der Waals surface area (Å²) in [5.41, 5.74) is 0.912. The van der Waals surface area contributed by atoms with E-state index in [-0.39, 0.29) is 18.6 Å². The van der Waals surface area contributed by atoms with Gasteiger partial charge in [0.2, 0.25) is 0 Å². The number of benzene rings is 1. The van der Waals surface area contributed by atoms with Gasteiger partial charge in [-0.15, -0.1) is 0 Å². The largest absolute Gasteiger partial charge is 0.446 e.